The lowest BCUT2D eigenvalue weighted by molar-refractivity contribution is -0.129. The standard InChI is InChI=1S/C17H11ClINO3/c1-22-12-5-2-10(3-6-12)8-15-17(21)23-16(20-15)13-9-11(19)4-7-14(13)18/h2-9H,1H3. The van der Waals surface area contributed by atoms with Crippen molar-refractivity contribution < 1.29 is 14.3 Å². The highest BCUT2D eigenvalue weighted by atomic mass is 127. The summed E-state index contributed by atoms with van der Waals surface area (Å²) in [5, 5.41) is 0.489. The molecule has 2 aromatic rings. The van der Waals surface area contributed by atoms with Crippen molar-refractivity contribution in [2.45, 2.75) is 0 Å². The van der Waals surface area contributed by atoms with Gasteiger partial charge in [0.05, 0.1) is 17.7 Å². The molecule has 0 saturated carbocycles. The summed E-state index contributed by atoms with van der Waals surface area (Å²) < 4.78 is 11.3. The average Bonchev–Trinajstić information content (AvgIpc) is 2.91. The Morgan fingerprint density at radius 2 is 1.96 bits per heavy atom. The van der Waals surface area contributed by atoms with Gasteiger partial charge in [-0.25, -0.2) is 9.79 Å². The van der Waals surface area contributed by atoms with E-state index in [4.69, 9.17) is 21.1 Å². The smallest absolute Gasteiger partial charge is 0.363 e. The first-order chi connectivity index (χ1) is 11.1. The summed E-state index contributed by atoms with van der Waals surface area (Å²) >= 11 is 8.32. The van der Waals surface area contributed by atoms with Crippen LogP contribution in [0.4, 0.5) is 0 Å². The molecule has 1 aliphatic heterocycles. The second-order valence-electron chi connectivity index (χ2n) is 4.73. The first kappa shape index (κ1) is 16.0. The lowest BCUT2D eigenvalue weighted by atomic mass is 10.2. The van der Waals surface area contributed by atoms with Crippen LogP contribution in [0.5, 0.6) is 5.75 Å². The molecule has 116 valence electrons. The highest BCUT2D eigenvalue weighted by molar-refractivity contribution is 14.1. The molecule has 0 fully saturated rings. The number of nitrogens with zero attached hydrogens (tertiary/aromatic N) is 1. The minimum atomic E-state index is -0.495. The third-order valence-electron chi connectivity index (χ3n) is 3.20. The van der Waals surface area contributed by atoms with Crippen LogP contribution in [0.25, 0.3) is 6.08 Å². The van der Waals surface area contributed by atoms with Crippen molar-refractivity contribution in [1.29, 1.82) is 0 Å². The van der Waals surface area contributed by atoms with Crippen LogP contribution in [0, 0.1) is 3.57 Å². The Morgan fingerprint density at radius 3 is 2.65 bits per heavy atom. The Kier molecular flexibility index (Phi) is 4.68. The summed E-state index contributed by atoms with van der Waals surface area (Å²) in [5.41, 5.74) is 1.67. The maximum atomic E-state index is 12.0. The number of ether oxygens (including phenoxy) is 2. The Labute approximate surface area is 151 Å². The van der Waals surface area contributed by atoms with Gasteiger partial charge in [0, 0.05) is 3.57 Å². The van der Waals surface area contributed by atoms with Crippen molar-refractivity contribution >= 4 is 52.1 Å². The van der Waals surface area contributed by atoms with E-state index in [-0.39, 0.29) is 11.6 Å². The molecular formula is C17H11ClINO3. The Hall–Kier alpha value is -1.86. The molecule has 0 amide bonds. The predicted octanol–water partition coefficient (Wildman–Crippen LogP) is 4.30. The number of hydrogen-bond donors (Lipinski definition) is 0. The highest BCUT2D eigenvalue weighted by Crippen LogP contribution is 2.25. The van der Waals surface area contributed by atoms with Crippen LogP contribution in [0.2, 0.25) is 5.02 Å². The first-order valence-corrected chi connectivity index (χ1v) is 8.14. The minimum Gasteiger partial charge on any atom is -0.497 e. The molecule has 0 unspecified atom stereocenters. The summed E-state index contributed by atoms with van der Waals surface area (Å²) in [5.74, 6) is 0.472. The van der Waals surface area contributed by atoms with Gasteiger partial charge in [-0.05, 0) is 64.6 Å². The third kappa shape index (κ3) is 3.56. The Morgan fingerprint density at radius 1 is 1.22 bits per heavy atom. The molecule has 1 aliphatic rings. The second kappa shape index (κ2) is 6.72. The number of rotatable bonds is 3. The number of carbonyl (C=O) groups is 1. The molecule has 1 heterocycles. The summed E-state index contributed by atoms with van der Waals surface area (Å²) in [7, 11) is 1.60. The van der Waals surface area contributed by atoms with Gasteiger partial charge in [-0.1, -0.05) is 23.7 Å². The first-order valence-electron chi connectivity index (χ1n) is 6.69. The molecule has 4 nitrogen and oxygen atoms in total. The van der Waals surface area contributed by atoms with Crippen LogP contribution in [-0.2, 0) is 9.53 Å². The van der Waals surface area contributed by atoms with E-state index >= 15 is 0 Å². The summed E-state index contributed by atoms with van der Waals surface area (Å²) in [6, 6.07) is 12.8. The summed E-state index contributed by atoms with van der Waals surface area (Å²) in [6.45, 7) is 0. The molecule has 0 N–H and O–H groups in total. The minimum absolute atomic E-state index is 0.221. The van der Waals surface area contributed by atoms with Gasteiger partial charge in [-0.2, -0.15) is 0 Å². The van der Waals surface area contributed by atoms with Gasteiger partial charge in [0.25, 0.3) is 0 Å². The number of cyclic esters (lactones) is 1. The number of esters is 1. The van der Waals surface area contributed by atoms with Gasteiger partial charge in [-0.3, -0.25) is 0 Å². The zero-order valence-electron chi connectivity index (χ0n) is 12.0. The van der Waals surface area contributed by atoms with E-state index in [0.29, 0.717) is 10.6 Å². The van der Waals surface area contributed by atoms with E-state index in [2.05, 4.69) is 27.6 Å². The van der Waals surface area contributed by atoms with Crippen LogP contribution in [0.1, 0.15) is 11.1 Å². The predicted molar refractivity (Wildman–Crippen MR) is 97.8 cm³/mol. The van der Waals surface area contributed by atoms with Crippen molar-refractivity contribution in [3.63, 3.8) is 0 Å². The van der Waals surface area contributed by atoms with Gasteiger partial charge in [0.2, 0.25) is 5.90 Å². The molecule has 0 atom stereocenters. The van der Waals surface area contributed by atoms with Gasteiger partial charge in [0.15, 0.2) is 5.70 Å². The Balaban J connectivity index is 1.94. The fraction of sp³-hybridized carbons (Fsp3) is 0.0588. The molecule has 0 aliphatic carbocycles. The molecule has 3 rings (SSSR count). The average molecular weight is 440 g/mol. The summed E-state index contributed by atoms with van der Waals surface area (Å²) in [4.78, 5) is 16.3. The van der Waals surface area contributed by atoms with Crippen LogP contribution >= 0.6 is 34.2 Å². The van der Waals surface area contributed by atoms with Crippen LogP contribution < -0.4 is 4.74 Å². The van der Waals surface area contributed by atoms with Crippen molar-refractivity contribution in [2.75, 3.05) is 7.11 Å². The molecule has 0 aromatic heterocycles. The van der Waals surface area contributed by atoms with E-state index in [1.54, 1.807) is 19.3 Å². The van der Waals surface area contributed by atoms with Crippen LogP contribution in [-0.4, -0.2) is 19.0 Å². The number of benzene rings is 2. The van der Waals surface area contributed by atoms with Gasteiger partial charge in [0.1, 0.15) is 5.75 Å². The quantitative estimate of drug-likeness (QED) is 0.407. The van der Waals surface area contributed by atoms with E-state index in [1.165, 1.54) is 0 Å². The van der Waals surface area contributed by atoms with Gasteiger partial charge in [-0.15, -0.1) is 0 Å². The number of halogens is 2. The number of methoxy groups -OCH3 is 1. The number of carbonyl (C=O) groups excluding carboxylic acids is 1. The molecule has 2 aromatic carbocycles. The molecule has 6 heteroatoms. The van der Waals surface area contributed by atoms with Crippen molar-refractivity contribution in [3.05, 3.63) is 67.9 Å². The molecule has 0 saturated heterocycles. The molecule has 23 heavy (non-hydrogen) atoms. The second-order valence-corrected chi connectivity index (χ2v) is 6.39. The maximum Gasteiger partial charge on any atom is 0.363 e. The SMILES string of the molecule is COc1ccc(C=C2N=C(c3cc(I)ccc3Cl)OC2=O)cc1. The topological polar surface area (TPSA) is 47.9 Å². The zero-order chi connectivity index (χ0) is 16.4. The van der Waals surface area contributed by atoms with Crippen LogP contribution in [0.15, 0.2) is 53.2 Å². The van der Waals surface area contributed by atoms with Crippen molar-refractivity contribution in [2.24, 2.45) is 4.99 Å². The van der Waals surface area contributed by atoms with E-state index in [1.807, 2.05) is 36.4 Å². The number of hydrogen-bond acceptors (Lipinski definition) is 4. The molecular weight excluding hydrogens is 429 g/mol. The van der Waals surface area contributed by atoms with E-state index in [0.717, 1.165) is 14.9 Å². The van der Waals surface area contributed by atoms with E-state index in [9.17, 15) is 4.79 Å². The zero-order valence-corrected chi connectivity index (χ0v) is 15.0. The maximum absolute atomic E-state index is 12.0. The van der Waals surface area contributed by atoms with E-state index < -0.39 is 5.97 Å². The number of aliphatic imine (C=N–C) groups is 1. The lowest BCUT2D eigenvalue weighted by Gasteiger charge is -2.02. The molecule has 0 bridgehead atoms. The van der Waals surface area contributed by atoms with Gasteiger partial charge < -0.3 is 9.47 Å². The lowest BCUT2D eigenvalue weighted by Crippen LogP contribution is -2.06. The summed E-state index contributed by atoms with van der Waals surface area (Å²) in [6.07, 6.45) is 1.66. The monoisotopic (exact) mass is 439 g/mol. The van der Waals surface area contributed by atoms with Crippen LogP contribution in [0.3, 0.4) is 0 Å². The third-order valence-corrected chi connectivity index (χ3v) is 4.20. The molecule has 0 radical (unpaired) electrons. The highest BCUT2D eigenvalue weighted by Gasteiger charge is 2.25. The molecule has 0 spiro atoms. The largest absolute Gasteiger partial charge is 0.497 e. The normalized spacial score (nSPS) is 15.5. The fourth-order valence-corrected chi connectivity index (χ4v) is 2.73. The van der Waals surface area contributed by atoms with Crippen molar-refractivity contribution in [1.82, 2.24) is 0 Å². The van der Waals surface area contributed by atoms with Gasteiger partial charge >= 0.3 is 5.97 Å². The Bertz CT molecular complexity index is 828. The van der Waals surface area contributed by atoms with Crippen molar-refractivity contribution in [3.8, 4) is 5.75 Å². The fourth-order valence-electron chi connectivity index (χ4n) is 2.04.